The number of hydrogen-bond donors (Lipinski definition) is 2. The fourth-order valence-electron chi connectivity index (χ4n) is 10.5. The molecule has 3 heterocycles. The van der Waals surface area contributed by atoms with Gasteiger partial charge in [0, 0.05) is 76.4 Å². The number of aliphatic hydroxyl groups is 1. The largest absolute Gasteiger partial charge is 0.481 e. The van der Waals surface area contributed by atoms with Crippen molar-refractivity contribution in [2.24, 2.45) is 29.6 Å². The molecule has 7 aliphatic rings. The molecule has 0 radical (unpaired) electrons. The summed E-state index contributed by atoms with van der Waals surface area (Å²) in [4.78, 5) is 31.1. The molecule has 0 spiro atoms. The van der Waals surface area contributed by atoms with E-state index in [0.717, 1.165) is 44.2 Å². The van der Waals surface area contributed by atoms with Gasteiger partial charge >= 0.3 is 12.1 Å². The minimum atomic E-state index is -4.56. The molecule has 1 aromatic carbocycles. The van der Waals surface area contributed by atoms with Crippen LogP contribution in [0.5, 0.6) is 0 Å². The first-order valence-corrected chi connectivity index (χ1v) is 16.9. The van der Waals surface area contributed by atoms with Gasteiger partial charge in [0.05, 0.1) is 23.7 Å². The molecule has 46 heavy (non-hydrogen) atoms. The van der Waals surface area contributed by atoms with Crippen molar-refractivity contribution in [3.8, 4) is 0 Å². The number of benzene rings is 1. The van der Waals surface area contributed by atoms with Crippen LogP contribution < -0.4 is 4.90 Å². The van der Waals surface area contributed by atoms with E-state index >= 15 is 4.39 Å². The van der Waals surface area contributed by atoms with Crippen LogP contribution in [0.15, 0.2) is 18.2 Å². The quantitative estimate of drug-likeness (QED) is 0.418. The van der Waals surface area contributed by atoms with Crippen LogP contribution in [0.4, 0.5) is 23.2 Å². The number of hydrogen-bond acceptors (Lipinski definition) is 6. The highest BCUT2D eigenvalue weighted by Gasteiger charge is 2.59. The van der Waals surface area contributed by atoms with Gasteiger partial charge in [-0.05, 0) is 80.4 Å². The number of carbonyl (C=O) groups is 2. The lowest BCUT2D eigenvalue weighted by Gasteiger charge is -2.60. The first-order valence-electron chi connectivity index (χ1n) is 16.9. The lowest BCUT2D eigenvalue weighted by Crippen LogP contribution is -2.61. The van der Waals surface area contributed by atoms with E-state index in [-0.39, 0.29) is 50.5 Å². The third-order valence-electron chi connectivity index (χ3n) is 12.3. The number of carboxylic acid groups (broad SMARTS) is 1. The average Bonchev–Trinajstić information content (AvgIpc) is 3.59. The summed E-state index contributed by atoms with van der Waals surface area (Å²) in [5.41, 5.74) is -2.37. The van der Waals surface area contributed by atoms with Crippen molar-refractivity contribution in [1.29, 1.82) is 0 Å². The highest BCUT2D eigenvalue weighted by molar-refractivity contribution is 5.86. The Balaban J connectivity index is 1.10. The molecule has 4 saturated carbocycles. The molecule has 3 aliphatic heterocycles. The molecule has 0 aromatic heterocycles. The van der Waals surface area contributed by atoms with E-state index in [1.807, 2.05) is 4.90 Å². The van der Waals surface area contributed by atoms with Crippen molar-refractivity contribution in [1.82, 2.24) is 9.80 Å². The lowest BCUT2D eigenvalue weighted by atomic mass is 9.52. The van der Waals surface area contributed by atoms with Crippen LogP contribution in [-0.4, -0.2) is 102 Å². The van der Waals surface area contributed by atoms with Gasteiger partial charge in [0.15, 0.2) is 0 Å². The maximum Gasteiger partial charge on any atom is 0.416 e. The molecule has 254 valence electrons. The summed E-state index contributed by atoms with van der Waals surface area (Å²) in [6.07, 6.45) is 0.700. The highest BCUT2D eigenvalue weighted by atomic mass is 19.4. The van der Waals surface area contributed by atoms with Crippen LogP contribution in [0.1, 0.15) is 68.4 Å². The fraction of sp³-hybridized carbons (Fsp3) is 0.765. The Morgan fingerprint density at radius 3 is 2.35 bits per heavy atom. The zero-order valence-corrected chi connectivity index (χ0v) is 26.4. The van der Waals surface area contributed by atoms with Crippen LogP contribution in [0.25, 0.3) is 0 Å². The first-order chi connectivity index (χ1) is 21.8. The molecule has 4 bridgehead atoms. The highest BCUT2D eigenvalue weighted by Crippen LogP contribution is 2.57. The normalized spacial score (nSPS) is 38.2. The molecular formula is C34H45F4N3O5. The number of methoxy groups -OCH3 is 1. The predicted octanol–water partition coefficient (Wildman–Crippen LogP) is 4.55. The molecule has 1 amide bonds. The molecule has 2 N–H and O–H groups in total. The monoisotopic (exact) mass is 651 g/mol. The molecule has 8 atom stereocenters. The number of carboxylic acids is 1. The van der Waals surface area contributed by atoms with E-state index in [4.69, 9.17) is 4.74 Å². The van der Waals surface area contributed by atoms with Crippen molar-refractivity contribution in [3.05, 3.63) is 29.3 Å². The van der Waals surface area contributed by atoms with Crippen molar-refractivity contribution in [2.45, 2.75) is 80.8 Å². The number of piperidine rings is 1. The van der Waals surface area contributed by atoms with Crippen LogP contribution >= 0.6 is 0 Å². The van der Waals surface area contributed by atoms with Gasteiger partial charge in [0.1, 0.15) is 0 Å². The van der Waals surface area contributed by atoms with Gasteiger partial charge in [0.2, 0.25) is 5.67 Å². The van der Waals surface area contributed by atoms with E-state index in [0.29, 0.717) is 61.5 Å². The molecule has 8 rings (SSSR count). The number of likely N-dealkylation sites (tertiary alicyclic amines) is 2. The molecule has 8 nitrogen and oxygen atoms in total. The van der Waals surface area contributed by atoms with Crippen molar-refractivity contribution in [2.75, 3.05) is 57.9 Å². The molecule has 12 heteroatoms. The van der Waals surface area contributed by atoms with E-state index in [9.17, 15) is 33.0 Å². The SMILES string of the molecule is COC[C@H]1CN(C(=O)[C@@]2(F)CCN([C@H]3[C@@H]4C[C@@H]5C[C@H]3C[C@@](O)(C5)C4)C2)C[C@@H]1c1ccc(C(F)(F)F)cc1N1CCC(C(=O)O)CC1. The molecule has 1 aromatic rings. The fourth-order valence-corrected chi connectivity index (χ4v) is 10.5. The van der Waals surface area contributed by atoms with Crippen molar-refractivity contribution in [3.63, 3.8) is 0 Å². The summed E-state index contributed by atoms with van der Waals surface area (Å²) in [6.45, 7) is 1.82. The second-order valence-electron chi connectivity index (χ2n) is 15.3. The number of halogens is 4. The summed E-state index contributed by atoms with van der Waals surface area (Å²) in [7, 11) is 1.54. The van der Waals surface area contributed by atoms with E-state index in [1.54, 1.807) is 12.0 Å². The van der Waals surface area contributed by atoms with Gasteiger partial charge in [-0.25, -0.2) is 4.39 Å². The van der Waals surface area contributed by atoms with Crippen LogP contribution in [0, 0.1) is 29.6 Å². The average molecular weight is 652 g/mol. The van der Waals surface area contributed by atoms with E-state index in [2.05, 4.69) is 4.90 Å². The second-order valence-corrected chi connectivity index (χ2v) is 15.3. The molecular weight excluding hydrogens is 606 g/mol. The summed E-state index contributed by atoms with van der Waals surface area (Å²) in [5.74, 6) is -1.42. The Kier molecular flexibility index (Phi) is 8.11. The number of ether oxygens (including phenoxy) is 1. The van der Waals surface area contributed by atoms with Gasteiger partial charge in [-0.15, -0.1) is 0 Å². The number of rotatable bonds is 7. The predicted molar refractivity (Wildman–Crippen MR) is 161 cm³/mol. The smallest absolute Gasteiger partial charge is 0.416 e. The third kappa shape index (κ3) is 5.70. The summed E-state index contributed by atoms with van der Waals surface area (Å²) < 4.78 is 63.7. The molecule has 4 aliphatic carbocycles. The summed E-state index contributed by atoms with van der Waals surface area (Å²) in [5, 5.41) is 20.5. The van der Waals surface area contributed by atoms with Crippen molar-refractivity contribution < 1.29 is 42.1 Å². The maximum absolute atomic E-state index is 16.7. The number of carbonyl (C=O) groups excluding carboxylic acids is 1. The number of aliphatic carboxylic acids is 1. The first kappa shape index (κ1) is 32.1. The zero-order valence-electron chi connectivity index (χ0n) is 26.4. The molecule has 7 fully saturated rings. The van der Waals surface area contributed by atoms with Gasteiger partial charge in [-0.2, -0.15) is 13.2 Å². The number of nitrogens with zero attached hydrogens (tertiary/aromatic N) is 3. The molecule has 3 saturated heterocycles. The lowest BCUT2D eigenvalue weighted by molar-refractivity contribution is -0.160. The van der Waals surface area contributed by atoms with Gasteiger partial charge in [-0.3, -0.25) is 14.5 Å². The minimum Gasteiger partial charge on any atom is -0.481 e. The van der Waals surface area contributed by atoms with Gasteiger partial charge in [-0.1, -0.05) is 6.07 Å². The summed E-state index contributed by atoms with van der Waals surface area (Å²) in [6, 6.07) is 3.86. The third-order valence-corrected chi connectivity index (χ3v) is 12.3. The van der Waals surface area contributed by atoms with Crippen molar-refractivity contribution >= 4 is 17.6 Å². The van der Waals surface area contributed by atoms with Gasteiger partial charge in [0.25, 0.3) is 5.91 Å². The standard InChI is InChI=1S/C34H45F4N3O5/c1-46-18-24-16-41(31(44)33(35)6-9-40(19-33)29-22-10-20-11-23(29)15-32(45,13-20)14-22)17-27(24)26-3-2-25(34(36,37)38)12-28(26)39-7-4-21(5-8-39)30(42)43/h2-3,12,20-24,27,29,45H,4-11,13-19H2,1H3,(H,42,43)/t20-,22-,23+,24-,27+,29+,32-,33-/m1/s1. The minimum absolute atomic E-state index is 0.0345. The Bertz CT molecular complexity index is 1340. The zero-order chi connectivity index (χ0) is 32.6. The molecule has 0 unspecified atom stereocenters. The maximum atomic E-state index is 16.7. The Morgan fingerprint density at radius 1 is 1.04 bits per heavy atom. The topological polar surface area (TPSA) is 93.6 Å². The Morgan fingerprint density at radius 2 is 1.74 bits per heavy atom. The van der Waals surface area contributed by atoms with Crippen LogP contribution in [0.3, 0.4) is 0 Å². The second kappa shape index (κ2) is 11.6. The number of alkyl halides is 4. The van der Waals surface area contributed by atoms with Crippen LogP contribution in [0.2, 0.25) is 0 Å². The van der Waals surface area contributed by atoms with Crippen LogP contribution in [-0.2, 0) is 20.5 Å². The Labute approximate surface area is 267 Å². The Hall–Kier alpha value is -2.44. The van der Waals surface area contributed by atoms with E-state index < -0.39 is 40.8 Å². The number of anilines is 1. The van der Waals surface area contributed by atoms with E-state index in [1.165, 1.54) is 6.07 Å². The van der Waals surface area contributed by atoms with Gasteiger partial charge < -0.3 is 24.7 Å². The summed E-state index contributed by atoms with van der Waals surface area (Å²) >= 11 is 0. The number of amides is 1.